The maximum absolute atomic E-state index is 14.1. The van der Waals surface area contributed by atoms with E-state index in [1.54, 1.807) is 0 Å². The molecule has 8 aromatic rings. The van der Waals surface area contributed by atoms with E-state index in [-0.39, 0.29) is 5.78 Å². The second-order valence-corrected chi connectivity index (χ2v) is 14.1. The van der Waals surface area contributed by atoms with E-state index in [2.05, 4.69) is 160 Å². The molecule has 0 saturated heterocycles. The monoisotopic (exact) mass is 719 g/mol. The molecule has 0 aliphatic heterocycles. The molecule has 0 N–H and O–H groups in total. The SMILES string of the molecule is O=C1c2cc(-n3c4ccc(N(c5ccccc5)c5ccccc5)cc4c4cc(N(c5ccccc5)c5ccccc5)ccc43)oc2-c2cc3cccccc-3c21. The minimum absolute atomic E-state index is 0.000678. The van der Waals surface area contributed by atoms with Crippen molar-refractivity contribution < 1.29 is 9.21 Å². The molecule has 264 valence electrons. The summed E-state index contributed by atoms with van der Waals surface area (Å²) in [4.78, 5) is 18.6. The second kappa shape index (κ2) is 12.8. The first-order valence-corrected chi connectivity index (χ1v) is 18.8. The number of rotatable bonds is 7. The van der Waals surface area contributed by atoms with E-state index in [0.717, 1.165) is 78.2 Å². The number of furan rings is 1. The van der Waals surface area contributed by atoms with Crippen molar-refractivity contribution in [3.05, 3.63) is 211 Å². The molecule has 3 aliphatic rings. The van der Waals surface area contributed by atoms with Crippen molar-refractivity contribution in [2.24, 2.45) is 0 Å². The number of anilines is 6. The third kappa shape index (κ3) is 4.99. The number of fused-ring (bicyclic) bond motifs is 8. The van der Waals surface area contributed by atoms with Gasteiger partial charge in [0.05, 0.1) is 16.6 Å². The first-order chi connectivity index (χ1) is 27.7. The molecule has 0 bridgehead atoms. The first-order valence-electron chi connectivity index (χ1n) is 18.8. The van der Waals surface area contributed by atoms with Crippen LogP contribution in [0.2, 0.25) is 0 Å². The van der Waals surface area contributed by atoms with E-state index < -0.39 is 0 Å². The maximum Gasteiger partial charge on any atom is 0.205 e. The Kier molecular flexibility index (Phi) is 7.25. The zero-order valence-corrected chi connectivity index (χ0v) is 30.2. The summed E-state index contributed by atoms with van der Waals surface area (Å²) in [6.45, 7) is 0. The molecule has 0 atom stereocenters. The number of carbonyl (C=O) groups excluding carboxylic acids is 1. The zero-order chi connectivity index (χ0) is 37.2. The summed E-state index contributed by atoms with van der Waals surface area (Å²) in [5.74, 6) is 1.23. The number of carbonyl (C=O) groups is 1. The van der Waals surface area contributed by atoms with Crippen LogP contribution < -0.4 is 9.80 Å². The molecule has 0 fully saturated rings. The highest BCUT2D eigenvalue weighted by Gasteiger charge is 2.36. The lowest BCUT2D eigenvalue weighted by molar-refractivity contribution is 0.104. The molecule has 0 unspecified atom stereocenters. The van der Waals surface area contributed by atoms with Gasteiger partial charge in [-0.15, -0.1) is 0 Å². The normalized spacial score (nSPS) is 12.0. The average molecular weight is 720 g/mol. The van der Waals surface area contributed by atoms with Crippen LogP contribution in [-0.2, 0) is 0 Å². The van der Waals surface area contributed by atoms with Crippen LogP contribution in [0.25, 0.3) is 50.1 Å². The number of nitrogens with zero attached hydrogens (tertiary/aromatic N) is 3. The summed E-state index contributed by atoms with van der Waals surface area (Å²) < 4.78 is 8.95. The molecule has 2 heterocycles. The molecule has 5 heteroatoms. The van der Waals surface area contributed by atoms with Gasteiger partial charge in [-0.05, 0) is 102 Å². The minimum Gasteiger partial charge on any atom is -0.439 e. The summed E-state index contributed by atoms with van der Waals surface area (Å²) in [6, 6.07) is 69.1. The number of para-hydroxylation sites is 4. The number of aromatic nitrogens is 1. The van der Waals surface area contributed by atoms with Crippen LogP contribution in [0.1, 0.15) is 15.9 Å². The fourth-order valence-corrected chi connectivity index (χ4v) is 8.42. The first kappa shape index (κ1) is 31.9. The van der Waals surface area contributed by atoms with Crippen LogP contribution in [0, 0.1) is 0 Å². The van der Waals surface area contributed by atoms with Crippen molar-refractivity contribution in [2.45, 2.75) is 0 Å². The van der Waals surface area contributed by atoms with Gasteiger partial charge in [-0.1, -0.05) is 103 Å². The minimum atomic E-state index is -0.000678. The zero-order valence-electron chi connectivity index (χ0n) is 30.2. The predicted molar refractivity (Wildman–Crippen MR) is 228 cm³/mol. The van der Waals surface area contributed by atoms with Crippen LogP contribution in [0.15, 0.2) is 205 Å². The van der Waals surface area contributed by atoms with Crippen LogP contribution in [-0.4, -0.2) is 10.4 Å². The average Bonchev–Trinajstić information content (AvgIpc) is 3.94. The maximum atomic E-state index is 14.1. The second-order valence-electron chi connectivity index (χ2n) is 14.1. The van der Waals surface area contributed by atoms with Gasteiger partial charge in [-0.25, -0.2) is 0 Å². The third-order valence-corrected chi connectivity index (χ3v) is 10.9. The molecule has 6 aromatic carbocycles. The Balaban J connectivity index is 1.15. The Bertz CT molecular complexity index is 2820. The van der Waals surface area contributed by atoms with Gasteiger partial charge in [0.15, 0.2) is 5.78 Å². The third-order valence-electron chi connectivity index (χ3n) is 10.9. The highest BCUT2D eigenvalue weighted by Crippen LogP contribution is 2.49. The number of hydrogen-bond acceptors (Lipinski definition) is 4. The van der Waals surface area contributed by atoms with Crippen molar-refractivity contribution in [3.63, 3.8) is 0 Å². The Morgan fingerprint density at radius 2 is 0.839 bits per heavy atom. The van der Waals surface area contributed by atoms with E-state index in [0.29, 0.717) is 17.2 Å². The van der Waals surface area contributed by atoms with Crippen molar-refractivity contribution in [3.8, 4) is 28.3 Å². The highest BCUT2D eigenvalue weighted by molar-refractivity contribution is 6.25. The summed E-state index contributed by atoms with van der Waals surface area (Å²) >= 11 is 0. The Labute approximate surface area is 323 Å². The topological polar surface area (TPSA) is 41.6 Å². The lowest BCUT2D eigenvalue weighted by Crippen LogP contribution is -2.09. The van der Waals surface area contributed by atoms with E-state index in [4.69, 9.17) is 4.42 Å². The molecule has 0 radical (unpaired) electrons. The number of hydrogen-bond donors (Lipinski definition) is 0. The van der Waals surface area contributed by atoms with Gasteiger partial charge in [0.1, 0.15) is 5.76 Å². The van der Waals surface area contributed by atoms with Gasteiger partial charge in [0, 0.05) is 62.1 Å². The van der Waals surface area contributed by atoms with Crippen molar-refractivity contribution >= 4 is 61.7 Å². The fourth-order valence-electron chi connectivity index (χ4n) is 8.42. The van der Waals surface area contributed by atoms with E-state index >= 15 is 0 Å². The molecule has 5 nitrogen and oxygen atoms in total. The smallest absolute Gasteiger partial charge is 0.205 e. The molecule has 0 amide bonds. The summed E-state index contributed by atoms with van der Waals surface area (Å²) in [5, 5.41) is 2.12. The Morgan fingerprint density at radius 1 is 0.393 bits per heavy atom. The van der Waals surface area contributed by atoms with E-state index in [9.17, 15) is 4.79 Å². The van der Waals surface area contributed by atoms with Crippen LogP contribution >= 0.6 is 0 Å². The predicted octanol–water partition coefficient (Wildman–Crippen LogP) is 13.6. The van der Waals surface area contributed by atoms with Gasteiger partial charge in [-0.2, -0.15) is 0 Å². The Hall–Kier alpha value is -7.63. The van der Waals surface area contributed by atoms with Gasteiger partial charge in [0.25, 0.3) is 0 Å². The van der Waals surface area contributed by atoms with Crippen LogP contribution in [0.3, 0.4) is 0 Å². The summed E-state index contributed by atoms with van der Waals surface area (Å²) in [7, 11) is 0. The largest absolute Gasteiger partial charge is 0.439 e. The number of benzene rings is 6. The van der Waals surface area contributed by atoms with Crippen LogP contribution in [0.5, 0.6) is 0 Å². The quantitative estimate of drug-likeness (QED) is 0.164. The fraction of sp³-hybridized carbons (Fsp3) is 0. The van der Waals surface area contributed by atoms with Gasteiger partial charge >= 0.3 is 0 Å². The van der Waals surface area contributed by atoms with Crippen molar-refractivity contribution in [1.82, 2.24) is 4.57 Å². The van der Waals surface area contributed by atoms with Gasteiger partial charge in [-0.3, -0.25) is 9.36 Å². The highest BCUT2D eigenvalue weighted by atomic mass is 16.4. The van der Waals surface area contributed by atoms with Gasteiger partial charge < -0.3 is 14.2 Å². The molecule has 3 aliphatic carbocycles. The summed E-state index contributed by atoms with van der Waals surface area (Å²) in [5.41, 5.74) is 12.4. The molecule has 0 spiro atoms. The molecular weight excluding hydrogens is 687 g/mol. The van der Waals surface area contributed by atoms with Crippen molar-refractivity contribution in [2.75, 3.05) is 9.80 Å². The molecule has 56 heavy (non-hydrogen) atoms. The lowest BCUT2D eigenvalue weighted by Gasteiger charge is -2.26. The molecule has 2 aromatic heterocycles. The molecule has 11 rings (SSSR count). The standard InChI is InChI=1S/C51H33N3O2/c55-50-45-33-48(56-51(45)44-30-34-16-6-1-15-25-41(34)49(44)50)54-46-28-26-39(52(35-17-7-2-8-18-35)36-19-9-3-10-20-36)31-42(46)43-32-40(27-29-47(43)54)53(37-21-11-4-12-22-37)38-23-13-5-14-24-38/h1-33H. The number of ketones is 1. The van der Waals surface area contributed by atoms with E-state index in [1.807, 2.05) is 54.6 Å². The van der Waals surface area contributed by atoms with Crippen molar-refractivity contribution in [1.29, 1.82) is 0 Å². The van der Waals surface area contributed by atoms with Gasteiger partial charge in [0.2, 0.25) is 5.88 Å². The van der Waals surface area contributed by atoms with Crippen LogP contribution in [0.4, 0.5) is 34.1 Å². The summed E-state index contributed by atoms with van der Waals surface area (Å²) in [6.07, 6.45) is 0. The Morgan fingerprint density at radius 3 is 1.32 bits per heavy atom. The molecule has 0 saturated carbocycles. The van der Waals surface area contributed by atoms with E-state index in [1.165, 1.54) is 0 Å². The lowest BCUT2D eigenvalue weighted by atomic mass is 10.1. The molecular formula is C51H33N3O2.